The van der Waals surface area contributed by atoms with Crippen molar-refractivity contribution in [3.63, 3.8) is 0 Å². The minimum Gasteiger partial charge on any atom is -0.457 e. The number of carbonyl (C=O) groups excluding carboxylic acids is 2. The molecule has 0 aromatic heterocycles. The molecule has 0 fully saturated rings. The van der Waals surface area contributed by atoms with Crippen LogP contribution in [0.25, 0.3) is 0 Å². The van der Waals surface area contributed by atoms with E-state index < -0.39 is 36.4 Å². The lowest BCUT2D eigenvalue weighted by Crippen LogP contribution is -2.42. The second-order valence-corrected chi connectivity index (χ2v) is 5.56. The molecular weight excluding hydrogens is 312 g/mol. The maximum absolute atomic E-state index is 12.3. The molecule has 134 valence electrons. The largest absolute Gasteiger partial charge is 0.457 e. The first-order valence-corrected chi connectivity index (χ1v) is 8.22. The van der Waals surface area contributed by atoms with Crippen molar-refractivity contribution < 1.29 is 29.3 Å². The summed E-state index contributed by atoms with van der Waals surface area (Å²) in [5.74, 6) is -1.34. The molecule has 0 saturated carbocycles. The fraction of sp³-hybridized carbons (Fsp3) is 0.556. The van der Waals surface area contributed by atoms with E-state index in [4.69, 9.17) is 9.47 Å². The van der Waals surface area contributed by atoms with Gasteiger partial charge >= 0.3 is 11.9 Å². The van der Waals surface area contributed by atoms with Gasteiger partial charge in [-0.1, -0.05) is 43.7 Å². The van der Waals surface area contributed by atoms with Gasteiger partial charge in [-0.3, -0.25) is 0 Å². The summed E-state index contributed by atoms with van der Waals surface area (Å²) in [4.78, 5) is 24.0. The molecular formula is C18H26O6. The minimum atomic E-state index is -1.21. The summed E-state index contributed by atoms with van der Waals surface area (Å²) in [6.45, 7) is 3.69. The molecule has 6 nitrogen and oxygen atoms in total. The molecule has 0 radical (unpaired) electrons. The first-order chi connectivity index (χ1) is 11.5. The van der Waals surface area contributed by atoms with Gasteiger partial charge in [-0.05, 0) is 26.2 Å². The molecule has 1 rings (SSSR count). The summed E-state index contributed by atoms with van der Waals surface area (Å²) in [5, 5.41) is 20.0. The van der Waals surface area contributed by atoms with Crippen molar-refractivity contribution in [3.05, 3.63) is 36.5 Å². The summed E-state index contributed by atoms with van der Waals surface area (Å²) < 4.78 is 10.4. The number of ether oxygens (including phenoxy) is 2. The Morgan fingerprint density at radius 2 is 2.17 bits per heavy atom. The summed E-state index contributed by atoms with van der Waals surface area (Å²) in [6, 6.07) is 0. The minimum absolute atomic E-state index is 0.250. The molecule has 0 aromatic rings. The Morgan fingerprint density at radius 3 is 2.83 bits per heavy atom. The number of hydrogen-bond acceptors (Lipinski definition) is 6. The zero-order chi connectivity index (χ0) is 17.9. The van der Waals surface area contributed by atoms with Crippen LogP contribution in [0.4, 0.5) is 0 Å². The number of cyclic esters (lactones) is 1. The highest BCUT2D eigenvalue weighted by molar-refractivity contribution is 5.85. The van der Waals surface area contributed by atoms with Crippen molar-refractivity contribution in [2.75, 3.05) is 0 Å². The van der Waals surface area contributed by atoms with Crippen LogP contribution < -0.4 is 0 Å². The number of hydrogen-bond donors (Lipinski definition) is 2. The van der Waals surface area contributed by atoms with Gasteiger partial charge in [-0.2, -0.15) is 0 Å². The molecule has 0 bridgehead atoms. The average Bonchev–Trinajstić information content (AvgIpc) is 2.55. The van der Waals surface area contributed by atoms with E-state index in [1.165, 1.54) is 18.2 Å². The zero-order valence-electron chi connectivity index (χ0n) is 14.1. The number of aliphatic hydroxyl groups is 2. The van der Waals surface area contributed by atoms with Gasteiger partial charge in [-0.25, -0.2) is 9.59 Å². The normalized spacial score (nSPS) is 30.2. The highest BCUT2D eigenvalue weighted by Crippen LogP contribution is 2.17. The van der Waals surface area contributed by atoms with E-state index in [2.05, 4.69) is 0 Å². The van der Waals surface area contributed by atoms with Crippen molar-refractivity contribution in [2.24, 2.45) is 0 Å². The van der Waals surface area contributed by atoms with Crippen molar-refractivity contribution >= 4 is 11.9 Å². The Labute approximate surface area is 142 Å². The summed E-state index contributed by atoms with van der Waals surface area (Å²) >= 11 is 0. The molecule has 4 atom stereocenters. The van der Waals surface area contributed by atoms with Crippen LogP contribution in [0, 0.1) is 0 Å². The Hall–Kier alpha value is -1.92. The van der Waals surface area contributed by atoms with Crippen molar-refractivity contribution in [1.82, 2.24) is 0 Å². The second-order valence-electron chi connectivity index (χ2n) is 5.56. The van der Waals surface area contributed by atoms with E-state index in [1.807, 2.05) is 13.8 Å². The van der Waals surface area contributed by atoms with Crippen LogP contribution in [-0.2, 0) is 19.1 Å². The molecule has 0 aliphatic carbocycles. The van der Waals surface area contributed by atoms with E-state index in [-0.39, 0.29) is 6.42 Å². The van der Waals surface area contributed by atoms with E-state index in [9.17, 15) is 19.8 Å². The molecule has 0 spiro atoms. The van der Waals surface area contributed by atoms with Crippen LogP contribution in [0.1, 0.15) is 39.5 Å². The second kappa shape index (κ2) is 10.8. The predicted molar refractivity (Wildman–Crippen MR) is 89.0 cm³/mol. The third-order valence-electron chi connectivity index (χ3n) is 3.56. The standard InChI is InChI=1S/C18H26O6/c1-3-5-6-12-16(20)23-15-11-8-7-10-13(19)17(21)14(9-4-2)24-18(15)22/h3,5-7,10,12-15,17,19,21H,4,8-9,11H2,1-2H3/b5-3+,10-7+,12-6+/t13-,14-,15+,17-/m1/s1. The van der Waals surface area contributed by atoms with E-state index in [0.717, 1.165) is 0 Å². The van der Waals surface area contributed by atoms with Crippen LogP contribution in [-0.4, -0.2) is 46.6 Å². The van der Waals surface area contributed by atoms with Gasteiger partial charge in [-0.15, -0.1) is 0 Å². The van der Waals surface area contributed by atoms with Crippen molar-refractivity contribution in [1.29, 1.82) is 0 Å². The monoisotopic (exact) mass is 338 g/mol. The number of aliphatic hydroxyl groups excluding tert-OH is 2. The lowest BCUT2D eigenvalue weighted by molar-refractivity contribution is -0.176. The van der Waals surface area contributed by atoms with E-state index in [0.29, 0.717) is 19.3 Å². The highest BCUT2D eigenvalue weighted by atomic mass is 16.6. The third kappa shape index (κ3) is 6.68. The van der Waals surface area contributed by atoms with Gasteiger partial charge in [0.05, 0.1) is 0 Å². The summed E-state index contributed by atoms with van der Waals surface area (Å²) in [5.41, 5.74) is 0. The number of rotatable bonds is 5. The van der Waals surface area contributed by atoms with E-state index >= 15 is 0 Å². The molecule has 0 amide bonds. The molecule has 24 heavy (non-hydrogen) atoms. The fourth-order valence-electron chi connectivity index (χ4n) is 2.28. The van der Waals surface area contributed by atoms with Gasteiger partial charge < -0.3 is 19.7 Å². The topological polar surface area (TPSA) is 93.1 Å². The third-order valence-corrected chi connectivity index (χ3v) is 3.56. The van der Waals surface area contributed by atoms with Crippen LogP contribution >= 0.6 is 0 Å². The van der Waals surface area contributed by atoms with Crippen LogP contribution in [0.3, 0.4) is 0 Å². The van der Waals surface area contributed by atoms with Crippen LogP contribution in [0.15, 0.2) is 36.5 Å². The molecule has 0 saturated heterocycles. The Balaban J connectivity index is 2.84. The van der Waals surface area contributed by atoms with Gasteiger partial charge in [0.25, 0.3) is 0 Å². The molecule has 6 heteroatoms. The smallest absolute Gasteiger partial charge is 0.347 e. The zero-order valence-corrected chi connectivity index (χ0v) is 14.1. The number of allylic oxidation sites excluding steroid dienone is 4. The Morgan fingerprint density at radius 1 is 1.42 bits per heavy atom. The average molecular weight is 338 g/mol. The van der Waals surface area contributed by atoms with Gasteiger partial charge in [0.2, 0.25) is 0 Å². The number of esters is 2. The molecule has 0 unspecified atom stereocenters. The highest BCUT2D eigenvalue weighted by Gasteiger charge is 2.32. The molecule has 1 aliphatic rings. The molecule has 0 aromatic carbocycles. The predicted octanol–water partition coefficient (Wildman–Crippen LogP) is 1.81. The van der Waals surface area contributed by atoms with Gasteiger partial charge in [0.15, 0.2) is 6.10 Å². The quantitative estimate of drug-likeness (QED) is 0.344. The van der Waals surface area contributed by atoms with Crippen molar-refractivity contribution in [3.8, 4) is 0 Å². The molecule has 1 aliphatic heterocycles. The van der Waals surface area contributed by atoms with Crippen molar-refractivity contribution in [2.45, 2.75) is 63.9 Å². The Kier molecular flexibility index (Phi) is 9.04. The Bertz CT molecular complexity index is 494. The first-order valence-electron chi connectivity index (χ1n) is 8.22. The molecule has 1 heterocycles. The summed E-state index contributed by atoms with van der Waals surface area (Å²) in [7, 11) is 0. The van der Waals surface area contributed by atoms with E-state index in [1.54, 1.807) is 18.2 Å². The maximum atomic E-state index is 12.3. The lowest BCUT2D eigenvalue weighted by Gasteiger charge is -2.27. The fourth-order valence-corrected chi connectivity index (χ4v) is 2.28. The van der Waals surface area contributed by atoms with Gasteiger partial charge in [0.1, 0.15) is 18.3 Å². The van der Waals surface area contributed by atoms with Gasteiger partial charge in [0, 0.05) is 6.08 Å². The van der Waals surface area contributed by atoms with Crippen LogP contribution in [0.2, 0.25) is 0 Å². The summed E-state index contributed by atoms with van der Waals surface area (Å²) in [6.07, 6.45) is 6.83. The van der Waals surface area contributed by atoms with Crippen LogP contribution in [0.5, 0.6) is 0 Å². The number of carbonyl (C=O) groups is 2. The SMILES string of the molecule is C/C=C/C=C/C(=O)O[C@H]1CC/C=C/[C@@H](O)[C@@H](O)[C@@H](CCC)OC1=O. The first kappa shape index (κ1) is 20.1. The molecule has 2 N–H and O–H groups in total. The maximum Gasteiger partial charge on any atom is 0.347 e. The lowest BCUT2D eigenvalue weighted by atomic mass is 10.0.